The van der Waals surface area contributed by atoms with Crippen molar-refractivity contribution in [1.82, 2.24) is 20.6 Å². The molecule has 2 aromatic rings. The van der Waals surface area contributed by atoms with Crippen LogP contribution in [-0.2, 0) is 38.4 Å². The Kier molecular flexibility index (Phi) is 9.04. The van der Waals surface area contributed by atoms with Crippen LogP contribution in [0.5, 0.6) is 0 Å². The predicted octanol–water partition coefficient (Wildman–Crippen LogP) is 4.67. The number of carbonyl (C=O) groups excluding carboxylic acids is 2. The zero-order valence-electron chi connectivity index (χ0n) is 24.7. The maximum atomic E-state index is 12.3. The van der Waals surface area contributed by atoms with Crippen LogP contribution in [0.15, 0.2) is 39.8 Å². The second-order valence-corrected chi connectivity index (χ2v) is 10.8. The Hall–Kier alpha value is -4.60. The van der Waals surface area contributed by atoms with Crippen LogP contribution in [0.4, 0.5) is 0 Å². The molecule has 42 heavy (non-hydrogen) atoms. The second-order valence-electron chi connectivity index (χ2n) is 10.8. The smallest absolute Gasteiger partial charge is 0.303 e. The summed E-state index contributed by atoms with van der Waals surface area (Å²) in [5, 5.41) is 24.6. The molecule has 0 saturated carbocycles. The fourth-order valence-electron chi connectivity index (χ4n) is 5.75. The molecule has 0 bridgehead atoms. The van der Waals surface area contributed by atoms with Crippen molar-refractivity contribution in [2.75, 3.05) is 0 Å². The number of aliphatic carboxylic acids is 2. The highest BCUT2D eigenvalue weighted by molar-refractivity contribution is 6.01. The zero-order chi connectivity index (χ0) is 30.7. The van der Waals surface area contributed by atoms with E-state index in [-0.39, 0.29) is 24.7 Å². The first-order chi connectivity index (χ1) is 19.9. The number of hydrogen-bond donors (Lipinski definition) is 6. The van der Waals surface area contributed by atoms with E-state index < -0.39 is 11.9 Å². The molecule has 2 aliphatic heterocycles. The van der Waals surface area contributed by atoms with Crippen LogP contribution in [0.3, 0.4) is 0 Å². The number of hydrogen-bond acceptors (Lipinski definition) is 4. The normalized spacial score (nSPS) is 17.2. The summed E-state index contributed by atoms with van der Waals surface area (Å²) in [7, 11) is 0. The van der Waals surface area contributed by atoms with Crippen LogP contribution in [-0.4, -0.2) is 43.9 Å². The van der Waals surface area contributed by atoms with E-state index in [1.807, 2.05) is 39.0 Å². The van der Waals surface area contributed by atoms with Crippen molar-refractivity contribution >= 4 is 35.9 Å². The SMILES string of the molecule is CCC1=C(C)C(=O)N/C1=C\c1cc(CCC(=O)O)c(Cc2[nH]c(/C=C3\NC(=O)C(C)=C3CC)c(C)c2CCC(=O)O)[nH]1. The minimum atomic E-state index is -0.905. The van der Waals surface area contributed by atoms with Crippen molar-refractivity contribution in [2.24, 2.45) is 0 Å². The van der Waals surface area contributed by atoms with Gasteiger partial charge in [0, 0.05) is 64.6 Å². The molecule has 0 spiro atoms. The van der Waals surface area contributed by atoms with Gasteiger partial charge in [0.05, 0.1) is 0 Å². The van der Waals surface area contributed by atoms with E-state index in [9.17, 15) is 29.4 Å². The lowest BCUT2D eigenvalue weighted by Crippen LogP contribution is -2.15. The number of aromatic nitrogens is 2. The van der Waals surface area contributed by atoms with Crippen molar-refractivity contribution in [3.8, 4) is 0 Å². The summed E-state index contributed by atoms with van der Waals surface area (Å²) in [4.78, 5) is 54.3. The summed E-state index contributed by atoms with van der Waals surface area (Å²) in [6.45, 7) is 9.51. The number of H-pyrrole nitrogens is 2. The van der Waals surface area contributed by atoms with Crippen LogP contribution in [0.2, 0.25) is 0 Å². The van der Waals surface area contributed by atoms with Gasteiger partial charge >= 0.3 is 11.9 Å². The van der Waals surface area contributed by atoms with Gasteiger partial charge in [-0.1, -0.05) is 13.8 Å². The maximum absolute atomic E-state index is 12.3. The molecule has 4 heterocycles. The molecule has 0 radical (unpaired) electrons. The Morgan fingerprint density at radius 1 is 0.786 bits per heavy atom. The van der Waals surface area contributed by atoms with E-state index in [4.69, 9.17) is 0 Å². The van der Waals surface area contributed by atoms with Gasteiger partial charge in [-0.15, -0.1) is 0 Å². The van der Waals surface area contributed by atoms with Crippen molar-refractivity contribution in [3.63, 3.8) is 0 Å². The van der Waals surface area contributed by atoms with Gasteiger partial charge in [-0.25, -0.2) is 0 Å². The van der Waals surface area contributed by atoms with Crippen LogP contribution < -0.4 is 10.6 Å². The lowest BCUT2D eigenvalue weighted by molar-refractivity contribution is -0.138. The zero-order valence-corrected chi connectivity index (χ0v) is 24.7. The number of rotatable bonds is 12. The molecule has 10 heteroatoms. The molecular formula is C32H38N4O6. The Morgan fingerprint density at radius 2 is 1.33 bits per heavy atom. The first-order valence-electron chi connectivity index (χ1n) is 14.2. The Morgan fingerprint density at radius 3 is 1.88 bits per heavy atom. The lowest BCUT2D eigenvalue weighted by Gasteiger charge is -2.06. The third kappa shape index (κ3) is 6.32. The van der Waals surface area contributed by atoms with Crippen molar-refractivity contribution < 1.29 is 29.4 Å². The molecule has 4 rings (SSSR count). The molecule has 10 nitrogen and oxygen atoms in total. The van der Waals surface area contributed by atoms with Gasteiger partial charge in [0.1, 0.15) is 0 Å². The van der Waals surface area contributed by atoms with Gasteiger partial charge < -0.3 is 30.8 Å². The molecule has 0 aliphatic carbocycles. The summed E-state index contributed by atoms with van der Waals surface area (Å²) in [6.07, 6.45) is 6.07. The lowest BCUT2D eigenvalue weighted by atomic mass is 9.99. The topological polar surface area (TPSA) is 164 Å². The molecule has 0 fully saturated rings. The number of aryl methyl sites for hydroxylation is 1. The summed E-state index contributed by atoms with van der Waals surface area (Å²) >= 11 is 0. The maximum Gasteiger partial charge on any atom is 0.303 e. The Bertz CT molecular complexity index is 1590. The van der Waals surface area contributed by atoms with Gasteiger partial charge in [0.15, 0.2) is 0 Å². The number of carboxylic acid groups (broad SMARTS) is 2. The highest BCUT2D eigenvalue weighted by atomic mass is 16.4. The number of carboxylic acids is 2. The molecule has 2 aliphatic rings. The first-order valence-corrected chi connectivity index (χ1v) is 14.2. The molecule has 6 N–H and O–H groups in total. The van der Waals surface area contributed by atoms with Crippen molar-refractivity contribution in [3.05, 3.63) is 79.2 Å². The van der Waals surface area contributed by atoms with Gasteiger partial charge in [-0.3, -0.25) is 19.2 Å². The van der Waals surface area contributed by atoms with E-state index >= 15 is 0 Å². The summed E-state index contributed by atoms with van der Waals surface area (Å²) in [5.74, 6) is -2.06. The Labute approximate surface area is 244 Å². The van der Waals surface area contributed by atoms with E-state index in [2.05, 4.69) is 20.6 Å². The number of carbonyl (C=O) groups is 4. The summed E-state index contributed by atoms with van der Waals surface area (Å²) in [6, 6.07) is 1.91. The van der Waals surface area contributed by atoms with E-state index in [1.165, 1.54) is 0 Å². The van der Waals surface area contributed by atoms with Crippen LogP contribution in [0.25, 0.3) is 12.2 Å². The van der Waals surface area contributed by atoms with E-state index in [0.29, 0.717) is 43.3 Å². The van der Waals surface area contributed by atoms with E-state index in [0.717, 1.165) is 62.0 Å². The van der Waals surface area contributed by atoms with Crippen LogP contribution in [0.1, 0.15) is 92.8 Å². The molecule has 0 atom stereocenters. The Balaban J connectivity index is 1.76. The fourth-order valence-corrected chi connectivity index (χ4v) is 5.75. The summed E-state index contributed by atoms with van der Waals surface area (Å²) < 4.78 is 0. The minimum Gasteiger partial charge on any atom is -0.481 e. The fraction of sp³-hybridized carbons (Fsp3) is 0.375. The quantitative estimate of drug-likeness (QED) is 0.216. The molecule has 222 valence electrons. The molecule has 0 unspecified atom stereocenters. The van der Waals surface area contributed by atoms with E-state index in [1.54, 1.807) is 13.8 Å². The molecule has 0 aromatic carbocycles. The van der Waals surface area contributed by atoms with Gasteiger partial charge in [0.25, 0.3) is 11.8 Å². The predicted molar refractivity (Wildman–Crippen MR) is 159 cm³/mol. The number of amides is 2. The standard InChI is InChI=1S/C32H38N4O6/c1-6-21-17(4)31(41)35-26(21)13-20-12-19(8-10-29(37)38)25(33-20)15-28-23(9-11-30(39)40)16(3)24(34-28)14-27-22(7-2)18(5)32(42)36-27/h12-14,33-34H,6-11,15H2,1-5H3,(H,35,41)(H,36,42)(H,37,38)(H,39,40)/b26-13-,27-14-. The monoisotopic (exact) mass is 574 g/mol. The third-order valence-corrected chi connectivity index (χ3v) is 8.10. The van der Waals surface area contributed by atoms with Crippen molar-refractivity contribution in [1.29, 1.82) is 0 Å². The highest BCUT2D eigenvalue weighted by Gasteiger charge is 2.25. The molecule has 2 aromatic heterocycles. The van der Waals surface area contributed by atoms with Crippen molar-refractivity contribution in [2.45, 2.75) is 79.6 Å². The molecular weight excluding hydrogens is 536 g/mol. The molecule has 2 amide bonds. The molecule has 0 saturated heterocycles. The van der Waals surface area contributed by atoms with Gasteiger partial charge in [-0.05, 0) is 92.5 Å². The third-order valence-electron chi connectivity index (χ3n) is 8.10. The van der Waals surface area contributed by atoms with Gasteiger partial charge in [0.2, 0.25) is 0 Å². The number of nitrogens with one attached hydrogen (secondary N) is 4. The average Bonchev–Trinajstić information content (AvgIpc) is 3.61. The second kappa shape index (κ2) is 12.5. The van der Waals surface area contributed by atoms with Gasteiger partial charge in [-0.2, -0.15) is 0 Å². The summed E-state index contributed by atoms with van der Waals surface area (Å²) in [5.41, 5.74) is 10.4. The first kappa shape index (κ1) is 30.4. The largest absolute Gasteiger partial charge is 0.481 e. The average molecular weight is 575 g/mol. The van der Waals surface area contributed by atoms with Crippen LogP contribution in [0, 0.1) is 6.92 Å². The minimum absolute atomic E-state index is 0.0449. The highest BCUT2D eigenvalue weighted by Crippen LogP contribution is 2.31. The number of aromatic amines is 2. The number of allylic oxidation sites excluding steroid dienone is 2. The van der Waals surface area contributed by atoms with Crippen LogP contribution >= 0.6 is 0 Å².